The van der Waals surface area contributed by atoms with Crippen LogP contribution < -0.4 is 25.5 Å². The summed E-state index contributed by atoms with van der Waals surface area (Å²) >= 11 is 1.09. The fourth-order valence-corrected chi connectivity index (χ4v) is 6.40. The summed E-state index contributed by atoms with van der Waals surface area (Å²) in [7, 11) is -2.50. The maximum Gasteiger partial charge on any atom is 0.283 e. The van der Waals surface area contributed by atoms with Crippen molar-refractivity contribution in [1.82, 2.24) is 24.8 Å². The molecule has 4 aromatic heterocycles. The van der Waals surface area contributed by atoms with E-state index in [9.17, 15) is 13.2 Å². The number of nitrogens with zero attached hydrogens (tertiary/aromatic N) is 5. The van der Waals surface area contributed by atoms with Crippen LogP contribution in [-0.2, 0) is 10.0 Å². The van der Waals surface area contributed by atoms with Crippen molar-refractivity contribution in [3.8, 4) is 17.0 Å². The first kappa shape index (κ1) is 23.9. The number of anilines is 2. The summed E-state index contributed by atoms with van der Waals surface area (Å²) in [5.74, 6) is 0.115. The SMILES string of the molecule is COc1ncc(-c2ccc3ncc(N4C=CC(C)N4)c(=O)n3c2)cc1NS(=O)(=O)c1sc(C)nc1C. The summed E-state index contributed by atoms with van der Waals surface area (Å²) < 4.78 is 35.6. The molecule has 0 saturated carbocycles. The second kappa shape index (κ2) is 9.00. The van der Waals surface area contributed by atoms with E-state index < -0.39 is 10.0 Å². The number of hydrazine groups is 1. The van der Waals surface area contributed by atoms with Gasteiger partial charge in [0.05, 0.1) is 24.0 Å². The summed E-state index contributed by atoms with van der Waals surface area (Å²) in [5.41, 5.74) is 5.56. The first-order chi connectivity index (χ1) is 17.2. The van der Waals surface area contributed by atoms with Gasteiger partial charge >= 0.3 is 0 Å². The van der Waals surface area contributed by atoms with Gasteiger partial charge in [-0.25, -0.2) is 28.8 Å². The number of hydrogen-bond acceptors (Lipinski definition) is 10. The summed E-state index contributed by atoms with van der Waals surface area (Å²) in [6.45, 7) is 5.37. The number of pyridine rings is 2. The minimum atomic E-state index is -3.91. The van der Waals surface area contributed by atoms with Gasteiger partial charge in [-0.3, -0.25) is 18.9 Å². The Morgan fingerprint density at radius 1 is 1.17 bits per heavy atom. The topological polar surface area (TPSA) is 131 Å². The number of hydrogen-bond donors (Lipinski definition) is 2. The Kier molecular flexibility index (Phi) is 5.98. The lowest BCUT2D eigenvalue weighted by Gasteiger charge is -2.17. The van der Waals surface area contributed by atoms with Crippen LogP contribution in [0.25, 0.3) is 16.8 Å². The molecule has 13 heteroatoms. The van der Waals surface area contributed by atoms with Gasteiger partial charge in [0.15, 0.2) is 4.21 Å². The minimum absolute atomic E-state index is 0.0988. The molecular weight excluding hydrogens is 502 g/mol. The van der Waals surface area contributed by atoms with Crippen molar-refractivity contribution in [3.05, 3.63) is 70.1 Å². The van der Waals surface area contributed by atoms with E-state index in [0.29, 0.717) is 33.2 Å². The Labute approximate surface area is 211 Å². The van der Waals surface area contributed by atoms with Crippen molar-refractivity contribution in [3.63, 3.8) is 0 Å². The van der Waals surface area contributed by atoms with E-state index in [1.54, 1.807) is 55.6 Å². The highest BCUT2D eigenvalue weighted by molar-refractivity contribution is 7.94. The predicted molar refractivity (Wildman–Crippen MR) is 138 cm³/mol. The summed E-state index contributed by atoms with van der Waals surface area (Å²) in [5, 5.41) is 2.29. The number of rotatable bonds is 6. The maximum atomic E-state index is 13.2. The Balaban J connectivity index is 1.55. The zero-order valence-electron chi connectivity index (χ0n) is 19.9. The van der Waals surface area contributed by atoms with E-state index >= 15 is 0 Å². The molecule has 2 N–H and O–H groups in total. The van der Waals surface area contributed by atoms with E-state index in [1.807, 2.05) is 13.0 Å². The minimum Gasteiger partial charge on any atom is -0.480 e. The van der Waals surface area contributed by atoms with Crippen LogP contribution in [0.3, 0.4) is 0 Å². The van der Waals surface area contributed by atoms with Gasteiger partial charge in [-0.2, -0.15) is 0 Å². The van der Waals surface area contributed by atoms with Crippen LogP contribution in [0, 0.1) is 13.8 Å². The molecule has 1 aliphatic rings. The van der Waals surface area contributed by atoms with Crippen molar-refractivity contribution in [2.75, 3.05) is 16.8 Å². The standard InChI is InChI=1S/C23H23N7O4S2/c1-13-7-8-30(27-13)19-11-24-20-6-5-16(12-29(20)22(19)31)17-9-18(21(34-4)25-10-17)28-36(32,33)23-14(2)26-15(3)35-23/h5-13,27-28H,1-4H3. The quantitative estimate of drug-likeness (QED) is 0.390. The highest BCUT2D eigenvalue weighted by atomic mass is 32.2. The Morgan fingerprint density at radius 2 is 1.97 bits per heavy atom. The molecule has 0 saturated heterocycles. The smallest absolute Gasteiger partial charge is 0.283 e. The predicted octanol–water partition coefficient (Wildman–Crippen LogP) is 2.87. The Morgan fingerprint density at radius 3 is 2.64 bits per heavy atom. The zero-order valence-corrected chi connectivity index (χ0v) is 21.5. The van der Waals surface area contributed by atoms with E-state index in [4.69, 9.17) is 4.74 Å². The van der Waals surface area contributed by atoms with Crippen LogP contribution in [0.15, 0.2) is 58.1 Å². The molecule has 0 aromatic carbocycles. The first-order valence-corrected chi connectivity index (χ1v) is 13.2. The van der Waals surface area contributed by atoms with Gasteiger partial charge in [0.25, 0.3) is 15.6 Å². The highest BCUT2D eigenvalue weighted by Crippen LogP contribution is 2.32. The van der Waals surface area contributed by atoms with E-state index in [0.717, 1.165) is 11.3 Å². The third kappa shape index (κ3) is 4.32. The molecule has 1 atom stereocenters. The number of ether oxygens (including phenoxy) is 1. The summed E-state index contributed by atoms with van der Waals surface area (Å²) in [6, 6.07) is 5.22. The molecule has 4 aromatic rings. The number of methoxy groups -OCH3 is 1. The molecule has 186 valence electrons. The lowest BCUT2D eigenvalue weighted by atomic mass is 10.1. The van der Waals surface area contributed by atoms with Gasteiger partial charge in [0, 0.05) is 35.8 Å². The van der Waals surface area contributed by atoms with Crippen molar-refractivity contribution >= 4 is 38.4 Å². The molecule has 5 heterocycles. The summed E-state index contributed by atoms with van der Waals surface area (Å²) in [4.78, 5) is 26.1. The molecule has 0 bridgehead atoms. The van der Waals surface area contributed by atoms with E-state index in [2.05, 4.69) is 25.1 Å². The Bertz CT molecular complexity index is 1680. The van der Waals surface area contributed by atoms with Gasteiger partial charge in [0.2, 0.25) is 5.88 Å². The van der Waals surface area contributed by atoms with E-state index in [1.165, 1.54) is 17.7 Å². The third-order valence-electron chi connectivity index (χ3n) is 5.54. The maximum absolute atomic E-state index is 13.2. The normalized spacial score (nSPS) is 15.6. The molecule has 1 unspecified atom stereocenters. The van der Waals surface area contributed by atoms with Gasteiger partial charge in [0.1, 0.15) is 17.0 Å². The number of thiazole rings is 1. The molecule has 0 amide bonds. The molecule has 1 aliphatic heterocycles. The second-order valence-electron chi connectivity index (χ2n) is 8.22. The number of nitrogens with one attached hydrogen (secondary N) is 2. The molecule has 36 heavy (non-hydrogen) atoms. The molecule has 0 radical (unpaired) electrons. The van der Waals surface area contributed by atoms with Crippen LogP contribution in [0.4, 0.5) is 11.4 Å². The van der Waals surface area contributed by atoms with Crippen molar-refractivity contribution < 1.29 is 13.2 Å². The van der Waals surface area contributed by atoms with Gasteiger partial charge < -0.3 is 4.74 Å². The zero-order chi connectivity index (χ0) is 25.6. The fourth-order valence-electron chi connectivity index (χ4n) is 3.87. The largest absolute Gasteiger partial charge is 0.480 e. The number of aromatic nitrogens is 4. The third-order valence-corrected chi connectivity index (χ3v) is 8.59. The van der Waals surface area contributed by atoms with Crippen molar-refractivity contribution in [2.45, 2.75) is 31.0 Å². The van der Waals surface area contributed by atoms with E-state index in [-0.39, 0.29) is 27.4 Å². The first-order valence-electron chi connectivity index (χ1n) is 10.9. The Hall–Kier alpha value is -3.81. The number of fused-ring (bicyclic) bond motifs is 1. The monoisotopic (exact) mass is 525 g/mol. The number of aryl methyl sites for hydroxylation is 2. The van der Waals surface area contributed by atoms with Gasteiger partial charge in [-0.15, -0.1) is 11.3 Å². The van der Waals surface area contributed by atoms with Crippen molar-refractivity contribution in [1.29, 1.82) is 0 Å². The lowest BCUT2D eigenvalue weighted by molar-refractivity contribution is 0.400. The van der Waals surface area contributed by atoms with Crippen LogP contribution in [0.5, 0.6) is 5.88 Å². The molecule has 0 aliphatic carbocycles. The van der Waals surface area contributed by atoms with Crippen LogP contribution >= 0.6 is 11.3 Å². The highest BCUT2D eigenvalue weighted by Gasteiger charge is 2.23. The second-order valence-corrected chi connectivity index (χ2v) is 11.3. The molecule has 0 spiro atoms. The molecule has 0 fully saturated rings. The molecular formula is C23H23N7O4S2. The average molecular weight is 526 g/mol. The summed E-state index contributed by atoms with van der Waals surface area (Å²) in [6.07, 6.45) is 8.45. The van der Waals surface area contributed by atoms with Crippen molar-refractivity contribution in [2.24, 2.45) is 0 Å². The van der Waals surface area contributed by atoms with Crippen LogP contribution in [-0.4, -0.2) is 40.9 Å². The van der Waals surface area contributed by atoms with Crippen LogP contribution in [0.2, 0.25) is 0 Å². The van der Waals surface area contributed by atoms with Crippen LogP contribution in [0.1, 0.15) is 17.6 Å². The lowest BCUT2D eigenvalue weighted by Crippen LogP contribution is -2.37. The molecule has 5 rings (SSSR count). The average Bonchev–Trinajstić information content (AvgIpc) is 3.43. The van der Waals surface area contributed by atoms with Gasteiger partial charge in [-0.1, -0.05) is 0 Å². The molecule has 11 nitrogen and oxygen atoms in total. The number of sulfonamides is 1. The van der Waals surface area contributed by atoms with Gasteiger partial charge in [-0.05, 0) is 45.0 Å². The fraction of sp³-hybridized carbons (Fsp3) is 0.217.